The fourth-order valence-corrected chi connectivity index (χ4v) is 2.14. The Bertz CT molecular complexity index is 714. The lowest BCUT2D eigenvalue weighted by Crippen LogP contribution is -1.96. The molecule has 5 nitrogen and oxygen atoms in total. The lowest BCUT2D eigenvalue weighted by Gasteiger charge is -2.06. The Morgan fingerprint density at radius 2 is 1.86 bits per heavy atom. The zero-order valence-electron chi connectivity index (χ0n) is 12.3. The Morgan fingerprint density at radius 3 is 2.52 bits per heavy atom. The first-order valence-electron chi connectivity index (χ1n) is 6.72. The second kappa shape index (κ2) is 7.04. The van der Waals surface area contributed by atoms with Gasteiger partial charge in [-0.1, -0.05) is 32.0 Å². The van der Waals surface area contributed by atoms with E-state index in [1.165, 1.54) is 6.33 Å². The molecule has 0 saturated heterocycles. The number of fused-ring (bicyclic) bond motifs is 1. The van der Waals surface area contributed by atoms with Gasteiger partial charge in [-0.05, 0) is 19.1 Å². The Balaban J connectivity index is 0.000000774. The number of hydrogen-bond donors (Lipinski definition) is 0. The number of aryl methyl sites for hydroxylation is 1. The van der Waals surface area contributed by atoms with Crippen molar-refractivity contribution in [1.29, 1.82) is 0 Å². The van der Waals surface area contributed by atoms with Gasteiger partial charge >= 0.3 is 0 Å². The molecule has 0 saturated carbocycles. The molecule has 0 aliphatic carbocycles. The average molecular weight is 303 g/mol. The number of aromatic nitrogens is 3. The van der Waals surface area contributed by atoms with Gasteiger partial charge in [0.05, 0.1) is 15.7 Å². The van der Waals surface area contributed by atoms with Crippen molar-refractivity contribution in [2.45, 2.75) is 20.8 Å². The molecule has 0 aliphatic heterocycles. The van der Waals surface area contributed by atoms with E-state index in [0.29, 0.717) is 5.88 Å². The number of ether oxygens (including phenoxy) is 1. The van der Waals surface area contributed by atoms with Gasteiger partial charge in [0.25, 0.3) is 0 Å². The van der Waals surface area contributed by atoms with E-state index in [4.69, 9.17) is 9.26 Å². The summed E-state index contributed by atoms with van der Waals surface area (Å²) in [6.45, 7) is 5.94. The molecule has 110 valence electrons. The van der Waals surface area contributed by atoms with E-state index in [0.717, 1.165) is 22.6 Å². The van der Waals surface area contributed by atoms with Crippen LogP contribution in [0.15, 0.2) is 42.9 Å². The normalized spacial score (nSPS) is 9.90. The molecule has 2 aromatic heterocycles. The minimum Gasteiger partial charge on any atom is -0.478 e. The van der Waals surface area contributed by atoms with Gasteiger partial charge in [0.1, 0.15) is 23.3 Å². The van der Waals surface area contributed by atoms with Crippen molar-refractivity contribution in [1.82, 2.24) is 14.6 Å². The highest BCUT2D eigenvalue weighted by Gasteiger charge is 2.14. The molecule has 0 amide bonds. The lowest BCUT2D eigenvalue weighted by atomic mass is 10.3. The molecule has 6 heteroatoms. The molecule has 0 spiro atoms. The van der Waals surface area contributed by atoms with Gasteiger partial charge in [-0.3, -0.25) is 0 Å². The Labute approximate surface area is 126 Å². The number of para-hydroxylation sites is 1. The quantitative estimate of drug-likeness (QED) is 0.686. The summed E-state index contributed by atoms with van der Waals surface area (Å²) >= 11 is 0. The van der Waals surface area contributed by atoms with Crippen molar-refractivity contribution in [3.63, 3.8) is 0 Å². The van der Waals surface area contributed by atoms with E-state index in [9.17, 15) is 0 Å². The van der Waals surface area contributed by atoms with Gasteiger partial charge in [-0.25, -0.2) is 4.52 Å². The van der Waals surface area contributed by atoms with Crippen molar-refractivity contribution in [2.75, 3.05) is 0 Å². The molecule has 3 rings (SSSR count). The van der Waals surface area contributed by atoms with Crippen molar-refractivity contribution in [3.05, 3.63) is 48.4 Å². The molecule has 0 bridgehead atoms. The van der Waals surface area contributed by atoms with Gasteiger partial charge in [0.15, 0.2) is 0 Å². The fraction of sp³-hybridized carbons (Fsp3) is 0.200. The molecule has 21 heavy (non-hydrogen) atoms. The summed E-state index contributed by atoms with van der Waals surface area (Å²) in [5.74, 6) is 1.97. The Morgan fingerprint density at radius 1 is 1.14 bits per heavy atom. The zero-order valence-corrected chi connectivity index (χ0v) is 13.4. The van der Waals surface area contributed by atoms with Gasteiger partial charge in [-0.2, -0.15) is 10.1 Å². The van der Waals surface area contributed by atoms with Crippen LogP contribution in [0.1, 0.15) is 19.4 Å². The Kier molecular flexibility index (Phi) is 5.12. The third-order valence-electron chi connectivity index (χ3n) is 2.83. The van der Waals surface area contributed by atoms with Gasteiger partial charge < -0.3 is 9.26 Å². The highest BCUT2D eigenvalue weighted by atomic mass is 31.0. The molecule has 1 aromatic carbocycles. The van der Waals surface area contributed by atoms with Crippen molar-refractivity contribution in [2.24, 2.45) is 0 Å². The molecule has 0 fully saturated rings. The van der Waals surface area contributed by atoms with Crippen LogP contribution in [-0.4, -0.2) is 14.6 Å². The standard InChI is InChI=1S/C13H12N3O2P.C2H6/c1-9-11(18-19)7-16-12(9)13(14-8-15-16)17-10-5-3-2-4-6-10;1-2/h2-8H,19H2,1H3;1-2H3. The van der Waals surface area contributed by atoms with Gasteiger partial charge in [0, 0.05) is 5.56 Å². The highest BCUT2D eigenvalue weighted by molar-refractivity contribution is 7.10. The molecule has 0 radical (unpaired) electrons. The number of rotatable bonds is 3. The van der Waals surface area contributed by atoms with Gasteiger partial charge in [-0.15, -0.1) is 0 Å². The first-order chi connectivity index (χ1) is 10.3. The van der Waals surface area contributed by atoms with E-state index in [-0.39, 0.29) is 0 Å². The van der Waals surface area contributed by atoms with Gasteiger partial charge in [0.2, 0.25) is 5.88 Å². The molecule has 0 aliphatic rings. The monoisotopic (exact) mass is 303 g/mol. The van der Waals surface area contributed by atoms with Crippen LogP contribution in [0.5, 0.6) is 17.4 Å². The molecular formula is C15H18N3O2P. The molecule has 1 atom stereocenters. The molecule has 0 N–H and O–H groups in total. The predicted octanol–water partition coefficient (Wildman–Crippen LogP) is 4.03. The predicted molar refractivity (Wildman–Crippen MR) is 85.9 cm³/mol. The maximum Gasteiger partial charge on any atom is 0.247 e. The SMILES string of the molecule is CC.Cc1c(OP)cn2ncnc(Oc3ccccc3)c12. The summed E-state index contributed by atoms with van der Waals surface area (Å²) in [6.07, 6.45) is 3.24. The minimum atomic E-state index is 0.506. The summed E-state index contributed by atoms with van der Waals surface area (Å²) in [7, 11) is 2.23. The van der Waals surface area contributed by atoms with Crippen LogP contribution in [0.4, 0.5) is 0 Å². The molecule has 2 heterocycles. The third kappa shape index (κ3) is 3.14. The smallest absolute Gasteiger partial charge is 0.247 e. The topological polar surface area (TPSA) is 48.7 Å². The average Bonchev–Trinajstić information content (AvgIpc) is 2.88. The van der Waals surface area contributed by atoms with Crippen molar-refractivity contribution in [3.8, 4) is 17.4 Å². The first-order valence-corrected chi connectivity index (χ1v) is 7.19. The minimum absolute atomic E-state index is 0.506. The van der Waals surface area contributed by atoms with E-state index < -0.39 is 0 Å². The van der Waals surface area contributed by atoms with Crippen LogP contribution in [0.25, 0.3) is 5.52 Å². The lowest BCUT2D eigenvalue weighted by molar-refractivity contribution is 0.463. The maximum atomic E-state index is 5.80. The van der Waals surface area contributed by atoms with E-state index in [1.54, 1.807) is 10.7 Å². The summed E-state index contributed by atoms with van der Waals surface area (Å²) in [5.41, 5.74) is 1.73. The molecular weight excluding hydrogens is 285 g/mol. The van der Waals surface area contributed by atoms with E-state index in [1.807, 2.05) is 51.1 Å². The first kappa shape index (κ1) is 15.3. The van der Waals surface area contributed by atoms with Crippen LogP contribution in [0.2, 0.25) is 0 Å². The van der Waals surface area contributed by atoms with Crippen LogP contribution >= 0.6 is 9.47 Å². The second-order valence-electron chi connectivity index (χ2n) is 4.01. The summed E-state index contributed by atoms with van der Waals surface area (Å²) < 4.78 is 12.7. The largest absolute Gasteiger partial charge is 0.478 e. The third-order valence-corrected chi connectivity index (χ3v) is 3.09. The Hall–Kier alpha value is -2.13. The second-order valence-corrected chi connectivity index (χ2v) is 4.25. The van der Waals surface area contributed by atoms with Crippen LogP contribution in [0, 0.1) is 6.92 Å². The van der Waals surface area contributed by atoms with Crippen molar-refractivity contribution >= 4 is 15.0 Å². The van der Waals surface area contributed by atoms with Crippen LogP contribution < -0.4 is 9.26 Å². The van der Waals surface area contributed by atoms with Crippen molar-refractivity contribution < 1.29 is 9.26 Å². The van der Waals surface area contributed by atoms with Crippen LogP contribution in [0.3, 0.4) is 0 Å². The van der Waals surface area contributed by atoms with E-state index >= 15 is 0 Å². The summed E-state index contributed by atoms with van der Waals surface area (Å²) in [5, 5.41) is 4.15. The number of benzene rings is 1. The number of hydrogen-bond acceptors (Lipinski definition) is 4. The van der Waals surface area contributed by atoms with E-state index in [2.05, 4.69) is 19.5 Å². The summed E-state index contributed by atoms with van der Waals surface area (Å²) in [4.78, 5) is 4.19. The molecule has 3 aromatic rings. The number of nitrogens with zero attached hydrogens (tertiary/aromatic N) is 3. The van der Waals surface area contributed by atoms with Crippen LogP contribution in [-0.2, 0) is 0 Å². The maximum absolute atomic E-state index is 5.80. The molecule has 1 unspecified atom stereocenters. The fourth-order valence-electron chi connectivity index (χ4n) is 1.90. The zero-order chi connectivity index (χ0) is 15.2. The highest BCUT2D eigenvalue weighted by Crippen LogP contribution is 2.32. The summed E-state index contributed by atoms with van der Waals surface area (Å²) in [6, 6.07) is 9.52.